The van der Waals surface area contributed by atoms with E-state index >= 15 is 0 Å². The molecule has 0 fully saturated rings. The highest BCUT2D eigenvalue weighted by Crippen LogP contribution is 2.30. The second-order valence-electron chi connectivity index (χ2n) is 5.94. The van der Waals surface area contributed by atoms with Crippen molar-refractivity contribution in [2.24, 2.45) is 0 Å². The van der Waals surface area contributed by atoms with Crippen molar-refractivity contribution in [3.8, 4) is 11.3 Å². The molecule has 0 atom stereocenters. The number of carbonyl (C=O) groups excluding carboxylic acids is 1. The van der Waals surface area contributed by atoms with Crippen LogP contribution in [0, 0.1) is 20.8 Å². The fourth-order valence-electron chi connectivity index (χ4n) is 2.83. The molecule has 0 saturated carbocycles. The number of likely N-dealkylation sites (N-methyl/N-ethyl adjacent to an activating group) is 1. The van der Waals surface area contributed by atoms with Crippen LogP contribution in [0.15, 0.2) is 21.1 Å². The molecule has 0 aliphatic carbocycles. The zero-order valence-electron chi connectivity index (χ0n) is 15.3. The van der Waals surface area contributed by atoms with Gasteiger partial charge in [-0.05, 0) is 39.4 Å². The van der Waals surface area contributed by atoms with Gasteiger partial charge in [0.25, 0.3) is 11.6 Å². The lowest BCUT2D eigenvalue weighted by Crippen LogP contribution is -2.31. The quantitative estimate of drug-likeness (QED) is 0.640. The van der Waals surface area contributed by atoms with Gasteiger partial charge in [0.2, 0.25) is 0 Å². The molecular formula is C18H23ClN4O3. The van der Waals surface area contributed by atoms with Gasteiger partial charge in [0.15, 0.2) is 0 Å². The van der Waals surface area contributed by atoms with E-state index in [4.69, 9.17) is 8.94 Å². The summed E-state index contributed by atoms with van der Waals surface area (Å²) in [4.78, 5) is 17.2. The largest absolute Gasteiger partial charge is 0.466 e. The molecule has 2 N–H and O–H groups in total. The van der Waals surface area contributed by atoms with Crippen molar-refractivity contribution in [1.82, 2.24) is 20.8 Å². The number of nitrogens with zero attached hydrogens (tertiary/aromatic N) is 2. The topological polar surface area (TPSA) is 93.2 Å². The molecule has 0 aliphatic rings. The molecule has 8 heteroatoms. The van der Waals surface area contributed by atoms with Crippen LogP contribution in [0.4, 0.5) is 0 Å². The van der Waals surface area contributed by atoms with E-state index in [1.165, 1.54) is 0 Å². The number of pyridine rings is 1. The van der Waals surface area contributed by atoms with Crippen molar-refractivity contribution in [3.63, 3.8) is 0 Å². The zero-order chi connectivity index (χ0) is 18.0. The van der Waals surface area contributed by atoms with Gasteiger partial charge in [0, 0.05) is 18.7 Å². The average molecular weight is 379 g/mol. The maximum Gasteiger partial charge on any atom is 0.259 e. The molecule has 3 rings (SSSR count). The van der Waals surface area contributed by atoms with Gasteiger partial charge in [-0.3, -0.25) is 4.79 Å². The number of aryl methyl sites for hydroxylation is 3. The number of hydrogen-bond acceptors (Lipinski definition) is 6. The van der Waals surface area contributed by atoms with Crippen LogP contribution in [0.5, 0.6) is 0 Å². The summed E-state index contributed by atoms with van der Waals surface area (Å²) in [5.74, 6) is 1.37. The first-order valence-corrected chi connectivity index (χ1v) is 8.34. The Bertz CT molecular complexity index is 917. The predicted octanol–water partition coefficient (Wildman–Crippen LogP) is 3.17. The van der Waals surface area contributed by atoms with Crippen LogP contribution in [-0.2, 0) is 0 Å². The summed E-state index contributed by atoms with van der Waals surface area (Å²) in [6.07, 6.45) is 0. The van der Waals surface area contributed by atoms with Crippen molar-refractivity contribution in [1.29, 1.82) is 0 Å². The van der Waals surface area contributed by atoms with Gasteiger partial charge < -0.3 is 19.6 Å². The first kappa shape index (κ1) is 19.9. The van der Waals surface area contributed by atoms with Gasteiger partial charge in [-0.2, -0.15) is 0 Å². The highest BCUT2D eigenvalue weighted by Gasteiger charge is 2.20. The number of nitrogens with one attached hydrogen (secondary N) is 2. The molecule has 140 valence electrons. The maximum absolute atomic E-state index is 12.7. The third-order valence-corrected chi connectivity index (χ3v) is 4.02. The van der Waals surface area contributed by atoms with Crippen LogP contribution in [0.25, 0.3) is 22.4 Å². The highest BCUT2D eigenvalue weighted by atomic mass is 35.5. The highest BCUT2D eigenvalue weighted by molar-refractivity contribution is 6.07. The third kappa shape index (κ3) is 3.89. The molecule has 3 aromatic rings. The van der Waals surface area contributed by atoms with Crippen molar-refractivity contribution in [2.45, 2.75) is 27.7 Å². The number of carbonyl (C=O) groups is 1. The minimum absolute atomic E-state index is 0. The molecule has 0 aromatic carbocycles. The Morgan fingerprint density at radius 2 is 1.96 bits per heavy atom. The van der Waals surface area contributed by atoms with Crippen molar-refractivity contribution in [3.05, 3.63) is 34.9 Å². The third-order valence-electron chi connectivity index (χ3n) is 4.02. The summed E-state index contributed by atoms with van der Waals surface area (Å²) in [5, 5.41) is 10.7. The van der Waals surface area contributed by atoms with Crippen molar-refractivity contribution >= 4 is 29.4 Å². The van der Waals surface area contributed by atoms with Crippen LogP contribution in [0.2, 0.25) is 0 Å². The number of halogens is 1. The Balaban J connectivity index is 0.00000243. The number of rotatable bonds is 6. The SMILES string of the molecule is CCNCCNC(=O)c1cc(-c2cc(C)oc2C)nc2onc(C)c12.Cl. The molecule has 3 aromatic heterocycles. The van der Waals surface area contributed by atoms with Gasteiger partial charge in [0.05, 0.1) is 22.3 Å². The number of hydrogen-bond donors (Lipinski definition) is 2. The zero-order valence-corrected chi connectivity index (χ0v) is 16.1. The standard InChI is InChI=1S/C18H22N4O3.ClH/c1-5-19-6-7-20-17(23)14-9-15(13-8-10(2)24-12(13)4)21-18-16(14)11(3)22-25-18;/h8-9,19H,5-7H2,1-4H3,(H,20,23);1H. The van der Waals surface area contributed by atoms with Crippen LogP contribution in [-0.4, -0.2) is 35.7 Å². The molecule has 0 saturated heterocycles. The number of furan rings is 1. The van der Waals surface area contributed by atoms with E-state index in [0.29, 0.717) is 41.1 Å². The lowest BCUT2D eigenvalue weighted by Gasteiger charge is -2.08. The number of aromatic nitrogens is 2. The summed E-state index contributed by atoms with van der Waals surface area (Å²) >= 11 is 0. The predicted molar refractivity (Wildman–Crippen MR) is 102 cm³/mol. The van der Waals surface area contributed by atoms with Gasteiger partial charge in [0.1, 0.15) is 11.5 Å². The Morgan fingerprint density at radius 3 is 2.62 bits per heavy atom. The van der Waals surface area contributed by atoms with E-state index in [1.807, 2.05) is 26.8 Å². The lowest BCUT2D eigenvalue weighted by molar-refractivity contribution is 0.0955. The van der Waals surface area contributed by atoms with Gasteiger partial charge in [-0.15, -0.1) is 12.4 Å². The summed E-state index contributed by atoms with van der Waals surface area (Å²) in [7, 11) is 0. The van der Waals surface area contributed by atoms with Crippen LogP contribution in [0.3, 0.4) is 0 Å². The smallest absolute Gasteiger partial charge is 0.259 e. The van der Waals surface area contributed by atoms with Gasteiger partial charge >= 0.3 is 0 Å². The molecule has 0 bridgehead atoms. The first-order chi connectivity index (χ1) is 12.0. The minimum atomic E-state index is -0.171. The second kappa shape index (κ2) is 8.33. The van der Waals surface area contributed by atoms with Gasteiger partial charge in [-0.1, -0.05) is 12.1 Å². The van der Waals surface area contributed by atoms with E-state index in [1.54, 1.807) is 13.0 Å². The van der Waals surface area contributed by atoms with Crippen molar-refractivity contribution in [2.75, 3.05) is 19.6 Å². The molecule has 0 aliphatic heterocycles. The van der Waals surface area contributed by atoms with E-state index in [9.17, 15) is 4.79 Å². The summed E-state index contributed by atoms with van der Waals surface area (Å²) < 4.78 is 10.9. The molecule has 26 heavy (non-hydrogen) atoms. The summed E-state index contributed by atoms with van der Waals surface area (Å²) in [6, 6.07) is 3.67. The van der Waals surface area contributed by atoms with Crippen LogP contribution >= 0.6 is 12.4 Å². The maximum atomic E-state index is 12.7. The van der Waals surface area contributed by atoms with Crippen molar-refractivity contribution < 1.29 is 13.7 Å². The van der Waals surface area contributed by atoms with Crippen LogP contribution in [0.1, 0.15) is 34.5 Å². The Hall–Kier alpha value is -2.38. The average Bonchev–Trinajstić information content (AvgIpc) is 3.12. The normalized spacial score (nSPS) is 10.8. The number of fused-ring (bicyclic) bond motifs is 1. The monoisotopic (exact) mass is 378 g/mol. The fraction of sp³-hybridized carbons (Fsp3) is 0.389. The molecule has 0 unspecified atom stereocenters. The Labute approximate surface area is 157 Å². The number of amides is 1. The van der Waals surface area contributed by atoms with Gasteiger partial charge in [-0.25, -0.2) is 4.98 Å². The first-order valence-electron chi connectivity index (χ1n) is 8.34. The second-order valence-corrected chi connectivity index (χ2v) is 5.94. The van der Waals surface area contributed by atoms with Crippen LogP contribution < -0.4 is 10.6 Å². The van der Waals surface area contributed by atoms with E-state index in [2.05, 4.69) is 20.8 Å². The molecule has 0 radical (unpaired) electrons. The van der Waals surface area contributed by atoms with E-state index in [0.717, 1.165) is 23.6 Å². The molecule has 0 spiro atoms. The minimum Gasteiger partial charge on any atom is -0.466 e. The summed E-state index contributed by atoms with van der Waals surface area (Å²) in [6.45, 7) is 9.69. The Kier molecular flexibility index (Phi) is 6.39. The Morgan fingerprint density at radius 1 is 1.19 bits per heavy atom. The molecule has 3 heterocycles. The van der Waals surface area contributed by atoms with E-state index < -0.39 is 0 Å². The molecule has 1 amide bonds. The fourth-order valence-corrected chi connectivity index (χ4v) is 2.83. The molecular weight excluding hydrogens is 356 g/mol. The van der Waals surface area contributed by atoms with E-state index in [-0.39, 0.29) is 18.3 Å². The summed E-state index contributed by atoms with van der Waals surface area (Å²) in [5.41, 5.74) is 2.98. The lowest BCUT2D eigenvalue weighted by atomic mass is 10.1. The molecule has 7 nitrogen and oxygen atoms in total.